The lowest BCUT2D eigenvalue weighted by Gasteiger charge is -2.52. The number of ketones is 3. The van der Waals surface area contributed by atoms with Crippen LogP contribution in [0.3, 0.4) is 0 Å². The molecule has 0 aromatic heterocycles. The number of allylic oxidation sites excluding steroid dienone is 6. The third kappa shape index (κ3) is 14.1. The topological polar surface area (TPSA) is 231 Å². The molecule has 3 saturated heterocycles. The van der Waals surface area contributed by atoms with Crippen molar-refractivity contribution in [2.75, 3.05) is 40.6 Å². The molecule has 7 rings (SSSR count). The average Bonchev–Trinajstić information content (AvgIpc) is 1.65. The van der Waals surface area contributed by atoms with Crippen molar-refractivity contribution >= 4 is 35.2 Å². The number of aliphatic hydroxyl groups excluding tert-OH is 2. The molecule has 7 aliphatic rings. The lowest BCUT2D eigenvalue weighted by molar-refractivity contribution is -0.346. The van der Waals surface area contributed by atoms with Gasteiger partial charge in [-0.25, -0.2) is 4.79 Å². The van der Waals surface area contributed by atoms with Crippen LogP contribution in [0.1, 0.15) is 172 Å². The maximum Gasteiger partial charge on any atom is 0.329 e. The molecule has 17 heteroatoms. The van der Waals surface area contributed by atoms with Crippen LogP contribution in [0.25, 0.3) is 0 Å². The molecular formula is C66H101NO16. The normalized spacial score (nSPS) is 42.5. The van der Waals surface area contributed by atoms with Gasteiger partial charge < -0.3 is 53.4 Å². The minimum Gasteiger partial charge on any atom is -0.460 e. The van der Waals surface area contributed by atoms with Crippen LogP contribution >= 0.6 is 0 Å². The average molecular weight is 1160 g/mol. The Hall–Kier alpha value is -3.94. The van der Waals surface area contributed by atoms with Gasteiger partial charge in [-0.2, -0.15) is 0 Å². The first kappa shape index (κ1) is 66.6. The van der Waals surface area contributed by atoms with Gasteiger partial charge in [-0.05, 0) is 138 Å². The summed E-state index contributed by atoms with van der Waals surface area (Å²) in [7, 11) is 3.17. The van der Waals surface area contributed by atoms with E-state index in [1.165, 1.54) is 4.90 Å². The third-order valence-electron chi connectivity index (χ3n) is 21.4. The van der Waals surface area contributed by atoms with E-state index in [2.05, 4.69) is 20.8 Å². The van der Waals surface area contributed by atoms with Crippen molar-refractivity contribution in [3.8, 4) is 0 Å². The van der Waals surface area contributed by atoms with Gasteiger partial charge in [-0.3, -0.25) is 24.0 Å². The zero-order valence-corrected chi connectivity index (χ0v) is 52.2. The number of hydrogen-bond donors (Lipinski definition) is 3. The Bertz CT molecular complexity index is 2450. The van der Waals surface area contributed by atoms with Gasteiger partial charge in [0.2, 0.25) is 5.79 Å². The summed E-state index contributed by atoms with van der Waals surface area (Å²) in [5.41, 5.74) is 0.0704. The molecule has 83 heavy (non-hydrogen) atoms. The quantitative estimate of drug-likeness (QED) is 0.117. The van der Waals surface area contributed by atoms with Gasteiger partial charge >= 0.3 is 11.9 Å². The second-order valence-corrected chi connectivity index (χ2v) is 27.5. The molecule has 4 heterocycles. The van der Waals surface area contributed by atoms with Crippen molar-refractivity contribution in [1.82, 2.24) is 4.90 Å². The lowest BCUT2D eigenvalue weighted by atomic mass is 9.68. The van der Waals surface area contributed by atoms with E-state index in [1.807, 2.05) is 58.1 Å². The molecule has 3 N–H and O–H groups in total. The fraction of sp³-hybridized carbons (Fsp3) is 0.788. The number of fused-ring (bicyclic) bond motifs is 6. The monoisotopic (exact) mass is 1160 g/mol. The van der Waals surface area contributed by atoms with E-state index in [9.17, 15) is 44.1 Å². The summed E-state index contributed by atoms with van der Waals surface area (Å²) >= 11 is 0. The summed E-state index contributed by atoms with van der Waals surface area (Å²) in [6.07, 6.45) is 14.4. The number of aliphatic hydroxyl groups is 3. The van der Waals surface area contributed by atoms with Crippen LogP contribution in [0.4, 0.5) is 0 Å². The zero-order valence-electron chi connectivity index (χ0n) is 52.2. The molecule has 17 atom stereocenters. The largest absolute Gasteiger partial charge is 0.460 e. The Morgan fingerprint density at radius 2 is 1.55 bits per heavy atom. The van der Waals surface area contributed by atoms with Gasteiger partial charge in [0, 0.05) is 63.2 Å². The second kappa shape index (κ2) is 27.4. The molecule has 4 bridgehead atoms. The summed E-state index contributed by atoms with van der Waals surface area (Å²) in [5.74, 6) is -10.3. The molecule has 0 aromatic rings. The van der Waals surface area contributed by atoms with Crippen molar-refractivity contribution in [2.24, 2.45) is 63.6 Å². The standard InChI is InChI=1S/C66H101NO16/c1-39-19-15-14-16-20-40(2)53(77-12)33-48-24-22-45(7)66(76,83-48)58(72)59(73)67-28-18-17-21-50(67)60(74)81-54(34-51(69)41(3)30-44(6)57(71)49(36-68)56(70)43(5)29-39)42(4)31-46-23-25-52(55(32-46)78-13)82-61(75)63(10)37-79-65(80-38-63)35-47-26-27-64(65,11)62(47,8)9/h14-16,19-20,30,39,41-43,45-50,52-55,57,68,71,76H,17-18,21-29,31-38H2,1-13H3/b16-14?,19-15+,40-20?,44-30+/t39-,41-,42-,43-,45-,46+,47?,48+,49+,50+,52-,53+,54+,55+,57-,63?,64?,65?,66-/m1/s1. The molecule has 6 fully saturated rings. The van der Waals surface area contributed by atoms with Crippen LogP contribution < -0.4 is 0 Å². The fourth-order valence-corrected chi connectivity index (χ4v) is 15.0. The van der Waals surface area contributed by atoms with Crippen LogP contribution in [0.15, 0.2) is 47.6 Å². The van der Waals surface area contributed by atoms with Crippen molar-refractivity contribution in [3.63, 3.8) is 0 Å². The van der Waals surface area contributed by atoms with Crippen LogP contribution in [-0.2, 0) is 61.9 Å². The predicted octanol–water partition coefficient (Wildman–Crippen LogP) is 8.92. The summed E-state index contributed by atoms with van der Waals surface area (Å²) in [4.78, 5) is 87.2. The third-order valence-corrected chi connectivity index (χ3v) is 21.4. The number of amides is 1. The SMILES string of the molecule is CO[C@H]1C[C@@H]2CC[C@@H](C)[C@@](O)(O2)C(=O)C(=O)N2CCCC[C@H]2C(=O)O[C@H]([C@H](C)C[C@@H]2CC[C@@H](OC(=O)C3(C)COC4(CC5CCC4(C)C5(C)C)OC3)[C@@H](OC)C2)CC(=O)[C@H](C)/C=C(\C)[C@@H](O)[C@@H](CO)C(=O)[C@H](C)C[C@H](C)/C=C/C=CC=C1C. The first-order valence-corrected chi connectivity index (χ1v) is 31.1. The van der Waals surface area contributed by atoms with Crippen molar-refractivity contribution in [3.05, 3.63) is 47.6 Å². The number of Topliss-reactive ketones (excluding diaryl/α,β-unsaturated/α-hetero) is 3. The maximum absolute atomic E-state index is 14.7. The maximum atomic E-state index is 14.7. The van der Waals surface area contributed by atoms with E-state index >= 15 is 0 Å². The predicted molar refractivity (Wildman–Crippen MR) is 311 cm³/mol. The Balaban J connectivity index is 1.10. The first-order chi connectivity index (χ1) is 39.1. The summed E-state index contributed by atoms with van der Waals surface area (Å²) in [5, 5.41) is 34.2. The van der Waals surface area contributed by atoms with Crippen LogP contribution in [0, 0.1) is 63.6 Å². The second-order valence-electron chi connectivity index (χ2n) is 27.5. The molecule has 3 aliphatic carbocycles. The molecule has 17 nitrogen and oxygen atoms in total. The van der Waals surface area contributed by atoms with E-state index in [1.54, 1.807) is 48.0 Å². The zero-order chi connectivity index (χ0) is 61.0. The van der Waals surface area contributed by atoms with Crippen molar-refractivity contribution < 1.29 is 77.2 Å². The number of methoxy groups -OCH3 is 2. The minimum atomic E-state index is -2.47. The van der Waals surface area contributed by atoms with Crippen molar-refractivity contribution in [2.45, 2.75) is 227 Å². The highest BCUT2D eigenvalue weighted by atomic mass is 16.7. The van der Waals surface area contributed by atoms with Crippen LogP contribution in [-0.4, -0.2) is 150 Å². The smallest absolute Gasteiger partial charge is 0.329 e. The van der Waals surface area contributed by atoms with Crippen LogP contribution in [0.5, 0.6) is 0 Å². The summed E-state index contributed by atoms with van der Waals surface area (Å²) < 4.78 is 44.0. The number of esters is 2. The van der Waals surface area contributed by atoms with E-state index in [4.69, 9.17) is 33.2 Å². The van der Waals surface area contributed by atoms with Gasteiger partial charge in [0.15, 0.2) is 5.79 Å². The molecule has 4 aliphatic heterocycles. The number of nitrogens with zero attached hydrogens (tertiary/aromatic N) is 1. The number of rotatable bonds is 8. The highest BCUT2D eigenvalue weighted by Gasteiger charge is 2.72. The van der Waals surface area contributed by atoms with Crippen LogP contribution in [0.2, 0.25) is 0 Å². The molecule has 0 aromatic carbocycles. The highest BCUT2D eigenvalue weighted by molar-refractivity contribution is 6.39. The van der Waals surface area contributed by atoms with E-state index in [-0.39, 0.29) is 66.8 Å². The van der Waals surface area contributed by atoms with Gasteiger partial charge in [-0.1, -0.05) is 91.8 Å². The van der Waals surface area contributed by atoms with Crippen molar-refractivity contribution in [1.29, 1.82) is 0 Å². The Kier molecular flexibility index (Phi) is 22.0. The summed E-state index contributed by atoms with van der Waals surface area (Å²) in [6.45, 7) is 21.1. The number of carbonyl (C=O) groups is 6. The van der Waals surface area contributed by atoms with Gasteiger partial charge in [0.1, 0.15) is 35.2 Å². The first-order valence-electron chi connectivity index (χ1n) is 31.1. The molecule has 1 spiro atoms. The molecular weight excluding hydrogens is 1060 g/mol. The van der Waals surface area contributed by atoms with E-state index in [0.29, 0.717) is 75.7 Å². The lowest BCUT2D eigenvalue weighted by Crippen LogP contribution is -2.61. The van der Waals surface area contributed by atoms with E-state index in [0.717, 1.165) is 24.8 Å². The molecule has 2 unspecified atom stereocenters. The number of carbonyl (C=O) groups excluding carboxylic acids is 6. The van der Waals surface area contributed by atoms with Gasteiger partial charge in [0.25, 0.3) is 11.7 Å². The highest BCUT2D eigenvalue weighted by Crippen LogP contribution is 2.72. The van der Waals surface area contributed by atoms with E-state index < -0.39 is 119 Å². The number of cyclic esters (lactones) is 1. The van der Waals surface area contributed by atoms with Gasteiger partial charge in [0.05, 0.1) is 50.2 Å². The van der Waals surface area contributed by atoms with Gasteiger partial charge in [-0.15, -0.1) is 0 Å². The Labute approximate surface area is 494 Å². The number of ether oxygens (including phenoxy) is 7. The molecule has 466 valence electrons. The molecule has 1 amide bonds. The number of hydrogen-bond acceptors (Lipinski definition) is 16. The Morgan fingerprint density at radius 3 is 2.19 bits per heavy atom. The minimum absolute atomic E-state index is 0.000527. The molecule has 3 saturated carbocycles. The Morgan fingerprint density at radius 1 is 0.843 bits per heavy atom. The summed E-state index contributed by atoms with van der Waals surface area (Å²) in [6, 6.07) is -1.19. The molecule has 0 radical (unpaired) electrons. The number of piperidine rings is 1. The fourth-order valence-electron chi connectivity index (χ4n) is 15.0.